The van der Waals surface area contributed by atoms with E-state index in [0.717, 1.165) is 34.7 Å². The lowest BCUT2D eigenvalue weighted by Crippen LogP contribution is -2.49. The third-order valence-corrected chi connectivity index (χ3v) is 12.1. The summed E-state index contributed by atoms with van der Waals surface area (Å²) in [5.74, 6) is 2.30. The van der Waals surface area contributed by atoms with E-state index < -0.39 is 9.84 Å². The Kier molecular flexibility index (Phi) is 5.32. The molecule has 3 heterocycles. The lowest BCUT2D eigenvalue weighted by molar-refractivity contribution is -0.123. The summed E-state index contributed by atoms with van der Waals surface area (Å²) in [7, 11) is -3.11. The van der Waals surface area contributed by atoms with E-state index in [-0.39, 0.29) is 28.9 Å². The highest BCUT2D eigenvalue weighted by Gasteiger charge is 2.53. The Morgan fingerprint density at radius 2 is 1.72 bits per heavy atom. The standard InChI is InChI=1S/C27H29N3O3S3/c31-25-23(35-26(34)30(25)22-6-7-36(32,33)16-22)11-20-15-29(21-4-2-1-3-5-21)28-24(20)27-12-17-8-18(13-27)10-19(9-17)14-27/h1-5,11,15,17-19,22H,6-10,12-14,16H2/b23-11-. The number of carbonyl (C=O) groups is 1. The van der Waals surface area contributed by atoms with Crippen molar-refractivity contribution >= 4 is 50.1 Å². The van der Waals surface area contributed by atoms with E-state index in [2.05, 4.69) is 18.3 Å². The number of para-hydroxylation sites is 1. The molecule has 2 aromatic rings. The van der Waals surface area contributed by atoms with Crippen LogP contribution in [-0.2, 0) is 20.0 Å². The van der Waals surface area contributed by atoms with Crippen molar-refractivity contribution < 1.29 is 13.2 Å². The molecule has 36 heavy (non-hydrogen) atoms. The molecule has 1 unspecified atom stereocenters. The average Bonchev–Trinajstić information content (AvgIpc) is 3.49. The van der Waals surface area contributed by atoms with Gasteiger partial charge in [0, 0.05) is 17.2 Å². The monoisotopic (exact) mass is 539 g/mol. The molecule has 2 saturated heterocycles. The number of carbonyl (C=O) groups excluding carboxylic acids is 1. The maximum Gasteiger partial charge on any atom is 0.266 e. The second-order valence-electron chi connectivity index (χ2n) is 11.5. The van der Waals surface area contributed by atoms with Crippen molar-refractivity contribution in [3.8, 4) is 5.69 Å². The number of sulfone groups is 1. The van der Waals surface area contributed by atoms with Gasteiger partial charge in [-0.05, 0) is 80.9 Å². The zero-order valence-electron chi connectivity index (χ0n) is 20.0. The van der Waals surface area contributed by atoms with Crippen LogP contribution in [0.5, 0.6) is 0 Å². The van der Waals surface area contributed by atoms with Crippen LogP contribution in [0, 0.1) is 17.8 Å². The smallest absolute Gasteiger partial charge is 0.266 e. The highest BCUT2D eigenvalue weighted by atomic mass is 32.2. The van der Waals surface area contributed by atoms with Crippen molar-refractivity contribution in [3.05, 3.63) is 52.7 Å². The summed E-state index contributed by atoms with van der Waals surface area (Å²) < 4.78 is 26.5. The van der Waals surface area contributed by atoms with Crippen LogP contribution in [0.15, 0.2) is 41.4 Å². The summed E-state index contributed by atoms with van der Waals surface area (Å²) >= 11 is 6.86. The molecule has 0 radical (unpaired) electrons. The van der Waals surface area contributed by atoms with Gasteiger partial charge in [-0.1, -0.05) is 42.2 Å². The molecule has 0 spiro atoms. The molecule has 4 aliphatic carbocycles. The Bertz CT molecular complexity index is 1360. The van der Waals surface area contributed by atoms with Crippen LogP contribution in [0.4, 0.5) is 0 Å². The number of rotatable bonds is 4. The number of thiocarbonyl (C=S) groups is 1. The lowest BCUT2D eigenvalue weighted by Gasteiger charge is -2.56. The predicted octanol–water partition coefficient (Wildman–Crippen LogP) is 4.73. The first-order valence-corrected chi connectivity index (χ1v) is 16.0. The molecule has 1 amide bonds. The molecule has 8 rings (SSSR count). The number of amides is 1. The van der Waals surface area contributed by atoms with Gasteiger partial charge in [-0.2, -0.15) is 5.10 Å². The molecule has 1 atom stereocenters. The van der Waals surface area contributed by atoms with Crippen LogP contribution >= 0.6 is 24.0 Å². The van der Waals surface area contributed by atoms with Gasteiger partial charge in [0.15, 0.2) is 9.84 Å². The molecule has 4 bridgehead atoms. The van der Waals surface area contributed by atoms with Crippen LogP contribution in [0.2, 0.25) is 0 Å². The summed E-state index contributed by atoms with van der Waals surface area (Å²) in [5, 5.41) is 5.20. The molecule has 6 fully saturated rings. The quantitative estimate of drug-likeness (QED) is 0.413. The zero-order chi connectivity index (χ0) is 24.7. The third kappa shape index (κ3) is 3.80. The van der Waals surface area contributed by atoms with Gasteiger partial charge >= 0.3 is 0 Å². The van der Waals surface area contributed by atoms with Gasteiger partial charge in [0.1, 0.15) is 4.32 Å². The molecule has 9 heteroatoms. The summed E-state index contributed by atoms with van der Waals surface area (Å²) in [6.45, 7) is 0. The largest absolute Gasteiger partial charge is 0.289 e. The van der Waals surface area contributed by atoms with E-state index >= 15 is 0 Å². The van der Waals surface area contributed by atoms with Gasteiger partial charge in [0.25, 0.3) is 5.91 Å². The number of thioether (sulfide) groups is 1. The molecule has 188 valence electrons. The van der Waals surface area contributed by atoms with Gasteiger partial charge in [-0.15, -0.1) is 0 Å². The highest BCUT2D eigenvalue weighted by Crippen LogP contribution is 2.61. The van der Waals surface area contributed by atoms with E-state index in [1.54, 1.807) is 4.90 Å². The van der Waals surface area contributed by atoms with Crippen LogP contribution in [0.3, 0.4) is 0 Å². The summed E-state index contributed by atoms with van der Waals surface area (Å²) in [6.07, 6.45) is 12.1. The third-order valence-electron chi connectivity index (χ3n) is 8.99. The van der Waals surface area contributed by atoms with E-state index in [1.165, 1.54) is 50.3 Å². The van der Waals surface area contributed by atoms with E-state index in [4.69, 9.17) is 17.3 Å². The minimum absolute atomic E-state index is 0.00279. The second-order valence-corrected chi connectivity index (χ2v) is 15.4. The maximum atomic E-state index is 13.5. The minimum atomic E-state index is -3.11. The van der Waals surface area contributed by atoms with Gasteiger partial charge in [-0.3, -0.25) is 9.69 Å². The van der Waals surface area contributed by atoms with Crippen molar-refractivity contribution in [2.75, 3.05) is 11.5 Å². The lowest BCUT2D eigenvalue weighted by atomic mass is 9.48. The highest BCUT2D eigenvalue weighted by molar-refractivity contribution is 8.26. The average molecular weight is 540 g/mol. The number of hydrogen-bond acceptors (Lipinski definition) is 6. The first-order valence-electron chi connectivity index (χ1n) is 12.9. The molecular weight excluding hydrogens is 511 g/mol. The molecule has 6 aliphatic rings. The summed E-state index contributed by atoms with van der Waals surface area (Å²) in [5.41, 5.74) is 3.21. The topological polar surface area (TPSA) is 72.3 Å². The Hall–Kier alpha value is -1.97. The minimum Gasteiger partial charge on any atom is -0.289 e. The van der Waals surface area contributed by atoms with E-state index in [9.17, 15) is 13.2 Å². The van der Waals surface area contributed by atoms with Crippen LogP contribution < -0.4 is 0 Å². The Morgan fingerprint density at radius 3 is 2.33 bits per heavy atom. The maximum absolute atomic E-state index is 13.5. The van der Waals surface area contributed by atoms with Crippen LogP contribution in [-0.4, -0.2) is 50.9 Å². The van der Waals surface area contributed by atoms with Crippen molar-refractivity contribution in [2.24, 2.45) is 17.8 Å². The van der Waals surface area contributed by atoms with Gasteiger partial charge in [-0.25, -0.2) is 13.1 Å². The molecule has 2 aliphatic heterocycles. The molecule has 0 N–H and O–H groups in total. The van der Waals surface area contributed by atoms with Crippen LogP contribution in [0.25, 0.3) is 11.8 Å². The Balaban J connectivity index is 1.29. The van der Waals surface area contributed by atoms with Gasteiger partial charge < -0.3 is 0 Å². The predicted molar refractivity (Wildman–Crippen MR) is 145 cm³/mol. The van der Waals surface area contributed by atoms with E-state index in [0.29, 0.717) is 15.6 Å². The fourth-order valence-electron chi connectivity index (χ4n) is 7.93. The first kappa shape index (κ1) is 23.2. The van der Waals surface area contributed by atoms with Crippen molar-refractivity contribution in [2.45, 2.75) is 56.4 Å². The molecule has 4 saturated carbocycles. The second kappa shape index (κ2) is 8.27. The Labute approximate surface area is 221 Å². The number of benzene rings is 1. The zero-order valence-corrected chi connectivity index (χ0v) is 22.5. The molecule has 6 nitrogen and oxygen atoms in total. The molecule has 1 aromatic carbocycles. The molecule has 1 aromatic heterocycles. The molecular formula is C27H29N3O3S3. The number of nitrogens with zero attached hydrogens (tertiary/aromatic N) is 3. The SMILES string of the molecule is O=C1/C(=C/c2cn(-c3ccccc3)nc2C23CC4CC(CC(C4)C2)C3)SC(=S)N1C1CCS(=O)(=O)C1. The van der Waals surface area contributed by atoms with Crippen molar-refractivity contribution in [1.29, 1.82) is 0 Å². The number of hydrogen-bond donors (Lipinski definition) is 0. The summed E-state index contributed by atoms with van der Waals surface area (Å²) in [4.78, 5) is 15.6. The first-order chi connectivity index (χ1) is 17.3. The summed E-state index contributed by atoms with van der Waals surface area (Å²) in [6, 6.07) is 9.79. The van der Waals surface area contributed by atoms with Crippen molar-refractivity contribution in [1.82, 2.24) is 14.7 Å². The van der Waals surface area contributed by atoms with Gasteiger partial charge in [0.05, 0.1) is 33.8 Å². The fraction of sp³-hybridized carbons (Fsp3) is 0.519. The normalized spacial score (nSPS) is 35.9. The van der Waals surface area contributed by atoms with Crippen molar-refractivity contribution in [3.63, 3.8) is 0 Å². The number of aromatic nitrogens is 2. The Morgan fingerprint density at radius 1 is 1.06 bits per heavy atom. The van der Waals surface area contributed by atoms with Gasteiger partial charge in [0.2, 0.25) is 0 Å². The van der Waals surface area contributed by atoms with E-state index in [1.807, 2.05) is 29.0 Å². The fourth-order valence-corrected chi connectivity index (χ4v) is 11.0. The van der Waals surface area contributed by atoms with Crippen LogP contribution in [0.1, 0.15) is 56.2 Å².